The van der Waals surface area contributed by atoms with Crippen molar-refractivity contribution < 1.29 is 29.0 Å². The van der Waals surface area contributed by atoms with Gasteiger partial charge in [-0.2, -0.15) is 0 Å². The number of rotatable bonds is 4. The van der Waals surface area contributed by atoms with E-state index < -0.39 is 29.8 Å². The lowest BCUT2D eigenvalue weighted by Gasteiger charge is -2.31. The number of amides is 4. The van der Waals surface area contributed by atoms with Crippen LogP contribution in [0.5, 0.6) is 5.75 Å². The summed E-state index contributed by atoms with van der Waals surface area (Å²) in [7, 11) is 1.65. The van der Waals surface area contributed by atoms with Crippen LogP contribution in [0.2, 0.25) is 0 Å². The normalized spacial score (nSPS) is 25.1. The molecule has 0 unspecified atom stereocenters. The number of hydrogen-bond donors (Lipinski definition) is 3. The van der Waals surface area contributed by atoms with Crippen molar-refractivity contribution in [3.8, 4) is 5.75 Å². The lowest BCUT2D eigenvalue weighted by molar-refractivity contribution is -0.139. The van der Waals surface area contributed by atoms with Crippen LogP contribution >= 0.6 is 0 Å². The Morgan fingerprint density at radius 2 is 1.94 bits per heavy atom. The molecular formula is C25H36N4O6. The van der Waals surface area contributed by atoms with E-state index in [9.17, 15) is 24.3 Å². The molecule has 0 spiro atoms. The maximum Gasteiger partial charge on any atom is 0.255 e. The van der Waals surface area contributed by atoms with E-state index in [1.807, 2.05) is 13.8 Å². The van der Waals surface area contributed by atoms with Gasteiger partial charge in [0.1, 0.15) is 24.4 Å². The van der Waals surface area contributed by atoms with Crippen LogP contribution in [0.15, 0.2) is 24.3 Å². The molecule has 3 N–H and O–H groups in total. The van der Waals surface area contributed by atoms with Crippen LogP contribution in [-0.2, 0) is 14.4 Å². The van der Waals surface area contributed by atoms with Crippen LogP contribution in [0.3, 0.4) is 0 Å². The molecule has 1 aromatic carbocycles. The Hall–Kier alpha value is -3.14. The molecule has 0 radical (unpaired) electrons. The van der Waals surface area contributed by atoms with Gasteiger partial charge in [-0.3, -0.25) is 19.2 Å². The molecule has 2 heterocycles. The fourth-order valence-electron chi connectivity index (χ4n) is 4.47. The third-order valence-corrected chi connectivity index (χ3v) is 6.85. The zero-order valence-electron chi connectivity index (χ0n) is 20.7. The first-order valence-electron chi connectivity index (χ1n) is 12.2. The summed E-state index contributed by atoms with van der Waals surface area (Å²) < 4.78 is 5.82. The predicted molar refractivity (Wildman–Crippen MR) is 129 cm³/mol. The maximum absolute atomic E-state index is 13.4. The van der Waals surface area contributed by atoms with Crippen molar-refractivity contribution in [2.75, 3.05) is 33.4 Å². The Bertz CT molecular complexity index is 938. The molecule has 192 valence electrons. The maximum atomic E-state index is 13.4. The number of aliphatic hydroxyl groups is 1. The van der Waals surface area contributed by atoms with Gasteiger partial charge in [-0.05, 0) is 30.9 Å². The second-order valence-corrected chi connectivity index (χ2v) is 9.28. The number of nitrogens with zero attached hydrogens (tertiary/aromatic N) is 2. The number of carbonyl (C=O) groups excluding carboxylic acids is 4. The average molecular weight is 489 g/mol. The number of likely N-dealkylation sites (N-methyl/N-ethyl adjacent to an activating group) is 1. The lowest BCUT2D eigenvalue weighted by Crippen LogP contribution is -2.55. The van der Waals surface area contributed by atoms with Crippen molar-refractivity contribution in [3.05, 3.63) is 29.8 Å². The first kappa shape index (κ1) is 26.5. The predicted octanol–water partition coefficient (Wildman–Crippen LogP) is 0.540. The summed E-state index contributed by atoms with van der Waals surface area (Å²) in [6.45, 7) is 4.50. The number of fused-ring (bicyclic) bond motifs is 1. The van der Waals surface area contributed by atoms with Crippen LogP contribution in [0.25, 0.3) is 0 Å². The summed E-state index contributed by atoms with van der Waals surface area (Å²) in [6, 6.07) is 4.37. The van der Waals surface area contributed by atoms with Crippen LogP contribution in [0.4, 0.5) is 0 Å². The molecule has 35 heavy (non-hydrogen) atoms. The van der Waals surface area contributed by atoms with E-state index in [1.165, 1.54) is 9.80 Å². The average Bonchev–Trinajstić information content (AvgIpc) is 3.34. The summed E-state index contributed by atoms with van der Waals surface area (Å²) in [5.41, 5.74) is 0.231. The second-order valence-electron chi connectivity index (χ2n) is 9.28. The van der Waals surface area contributed by atoms with E-state index in [4.69, 9.17) is 4.74 Å². The van der Waals surface area contributed by atoms with Crippen molar-refractivity contribution >= 4 is 23.6 Å². The highest BCUT2D eigenvalue weighted by Crippen LogP contribution is 2.21. The minimum Gasteiger partial charge on any atom is -0.491 e. The Labute approximate surface area is 206 Å². The number of likely N-dealkylation sites (tertiary alicyclic amines) is 1. The van der Waals surface area contributed by atoms with Crippen LogP contribution in [0.1, 0.15) is 49.9 Å². The quantitative estimate of drug-likeness (QED) is 0.568. The van der Waals surface area contributed by atoms with Gasteiger partial charge in [0.2, 0.25) is 17.7 Å². The summed E-state index contributed by atoms with van der Waals surface area (Å²) in [5.74, 6) is -1.52. The van der Waals surface area contributed by atoms with Gasteiger partial charge in [0.25, 0.3) is 5.91 Å². The molecule has 1 aromatic rings. The van der Waals surface area contributed by atoms with Gasteiger partial charge in [-0.1, -0.05) is 32.4 Å². The molecule has 1 fully saturated rings. The number of ether oxygens (including phenoxy) is 1. The number of para-hydroxylation sites is 1. The summed E-state index contributed by atoms with van der Waals surface area (Å²) >= 11 is 0. The lowest BCUT2D eigenvalue weighted by atomic mass is 9.97. The Morgan fingerprint density at radius 3 is 2.66 bits per heavy atom. The number of aliphatic hydroxyl groups excluding tert-OH is 1. The molecule has 0 aliphatic carbocycles. The van der Waals surface area contributed by atoms with Gasteiger partial charge in [0.15, 0.2) is 0 Å². The van der Waals surface area contributed by atoms with E-state index in [-0.39, 0.29) is 49.6 Å². The molecule has 0 bridgehead atoms. The smallest absolute Gasteiger partial charge is 0.255 e. The molecule has 2 aliphatic rings. The molecular weight excluding hydrogens is 452 g/mol. The Kier molecular flexibility index (Phi) is 9.08. The standard InChI is InChI=1S/C25H36N4O6/c1-4-16(2)22-25(34)28(3)12-13-35-20-10-6-5-9-18(20)23(32)26-19(14-21(31)27-22)24(33)29-11-7-8-17(29)15-30/h5-6,9-10,16-17,19,22,30H,4,7-8,11-15H2,1-3H3,(H,26,32)(H,27,31)/t16-,17-,19-,22-/m0/s1. The zero-order valence-corrected chi connectivity index (χ0v) is 20.7. The molecule has 10 nitrogen and oxygen atoms in total. The summed E-state index contributed by atoms with van der Waals surface area (Å²) in [6.07, 6.45) is 1.73. The van der Waals surface area contributed by atoms with Crippen molar-refractivity contribution in [1.82, 2.24) is 20.4 Å². The Morgan fingerprint density at radius 1 is 1.20 bits per heavy atom. The largest absolute Gasteiger partial charge is 0.491 e. The van der Waals surface area contributed by atoms with Gasteiger partial charge in [0.05, 0.1) is 31.2 Å². The number of carbonyl (C=O) groups is 4. The highest BCUT2D eigenvalue weighted by molar-refractivity contribution is 6.01. The topological polar surface area (TPSA) is 128 Å². The fourth-order valence-corrected chi connectivity index (χ4v) is 4.47. The molecule has 4 atom stereocenters. The van der Waals surface area contributed by atoms with Crippen molar-refractivity contribution in [1.29, 1.82) is 0 Å². The first-order valence-corrected chi connectivity index (χ1v) is 12.2. The van der Waals surface area contributed by atoms with Crippen LogP contribution in [-0.4, -0.2) is 90.0 Å². The second kappa shape index (κ2) is 12.0. The highest BCUT2D eigenvalue weighted by Gasteiger charge is 2.36. The number of benzene rings is 1. The van der Waals surface area contributed by atoms with Gasteiger partial charge in [0, 0.05) is 13.6 Å². The van der Waals surface area contributed by atoms with Gasteiger partial charge in [-0.25, -0.2) is 0 Å². The van der Waals surface area contributed by atoms with E-state index in [1.54, 1.807) is 31.3 Å². The van der Waals surface area contributed by atoms with E-state index in [0.29, 0.717) is 25.1 Å². The van der Waals surface area contributed by atoms with Crippen molar-refractivity contribution in [3.63, 3.8) is 0 Å². The third-order valence-electron chi connectivity index (χ3n) is 6.85. The van der Waals surface area contributed by atoms with Gasteiger partial charge in [-0.15, -0.1) is 0 Å². The zero-order chi connectivity index (χ0) is 25.5. The van der Waals surface area contributed by atoms with Crippen molar-refractivity contribution in [2.45, 2.75) is 57.7 Å². The molecule has 2 aliphatic heterocycles. The molecule has 10 heteroatoms. The van der Waals surface area contributed by atoms with E-state index in [2.05, 4.69) is 10.6 Å². The van der Waals surface area contributed by atoms with Crippen LogP contribution < -0.4 is 15.4 Å². The summed E-state index contributed by atoms with van der Waals surface area (Å²) in [5, 5.41) is 15.2. The molecule has 1 saturated heterocycles. The minimum absolute atomic E-state index is 0.135. The Balaban J connectivity index is 1.95. The minimum atomic E-state index is -1.16. The molecule has 0 aromatic heterocycles. The van der Waals surface area contributed by atoms with Crippen LogP contribution in [0, 0.1) is 5.92 Å². The van der Waals surface area contributed by atoms with E-state index in [0.717, 1.165) is 6.42 Å². The monoisotopic (exact) mass is 488 g/mol. The van der Waals surface area contributed by atoms with Crippen molar-refractivity contribution in [2.24, 2.45) is 5.92 Å². The SMILES string of the molecule is CC[C@H](C)[C@@H]1NC(=O)C[C@@H](C(=O)N2CCC[C@H]2CO)NC(=O)c2ccccc2OCCN(C)C1=O. The molecule has 0 saturated carbocycles. The molecule has 4 amide bonds. The third kappa shape index (κ3) is 6.30. The van der Waals surface area contributed by atoms with E-state index >= 15 is 0 Å². The highest BCUT2D eigenvalue weighted by atomic mass is 16.5. The van der Waals surface area contributed by atoms with Gasteiger partial charge < -0.3 is 30.3 Å². The number of nitrogens with one attached hydrogen (secondary N) is 2. The first-order chi connectivity index (χ1) is 16.8. The number of hydrogen-bond acceptors (Lipinski definition) is 6. The summed E-state index contributed by atoms with van der Waals surface area (Å²) in [4.78, 5) is 55.9. The molecule has 3 rings (SSSR count). The fraction of sp³-hybridized carbons (Fsp3) is 0.600. The van der Waals surface area contributed by atoms with Gasteiger partial charge >= 0.3 is 0 Å².